The summed E-state index contributed by atoms with van der Waals surface area (Å²) in [5, 5.41) is 10.3. The monoisotopic (exact) mass is 273 g/mol. The summed E-state index contributed by atoms with van der Waals surface area (Å²) < 4.78 is 1.53. The van der Waals surface area contributed by atoms with Crippen molar-refractivity contribution >= 4 is 22.8 Å². The molecule has 20 heavy (non-hydrogen) atoms. The number of fused-ring (bicyclic) bond motifs is 1. The number of amides is 1. The molecule has 0 saturated heterocycles. The van der Waals surface area contributed by atoms with Crippen LogP contribution in [-0.2, 0) is 0 Å². The molecule has 2 heterocycles. The van der Waals surface area contributed by atoms with Gasteiger partial charge in [0.1, 0.15) is 5.69 Å². The van der Waals surface area contributed by atoms with Crippen LogP contribution < -0.4 is 11.1 Å². The SMILES string of the molecule is NC(=O)c1cnn2cc(N=O)cc2c1NC1CCCC1. The van der Waals surface area contributed by atoms with Gasteiger partial charge in [0.05, 0.1) is 29.2 Å². The topological polar surface area (TPSA) is 102 Å². The minimum Gasteiger partial charge on any atom is -0.380 e. The standard InChI is InChI=1S/C13H15N5O2/c14-13(19)10-6-15-18-7-9(17-20)5-11(18)12(10)16-8-3-1-2-4-8/h5-8,16H,1-4H2,(H2,14,19). The summed E-state index contributed by atoms with van der Waals surface area (Å²) in [4.78, 5) is 22.2. The van der Waals surface area contributed by atoms with E-state index in [1.807, 2.05) is 0 Å². The Morgan fingerprint density at radius 2 is 2.20 bits per heavy atom. The summed E-state index contributed by atoms with van der Waals surface area (Å²) in [6.45, 7) is 0. The lowest BCUT2D eigenvalue weighted by Gasteiger charge is -2.16. The number of primary amides is 1. The molecule has 7 heteroatoms. The van der Waals surface area contributed by atoms with E-state index in [9.17, 15) is 9.70 Å². The number of aromatic nitrogens is 2. The van der Waals surface area contributed by atoms with Gasteiger partial charge in [-0.25, -0.2) is 4.52 Å². The van der Waals surface area contributed by atoms with E-state index in [1.165, 1.54) is 29.8 Å². The maximum absolute atomic E-state index is 11.6. The van der Waals surface area contributed by atoms with Crippen molar-refractivity contribution in [3.8, 4) is 0 Å². The lowest BCUT2D eigenvalue weighted by atomic mass is 10.1. The van der Waals surface area contributed by atoms with Crippen molar-refractivity contribution in [3.63, 3.8) is 0 Å². The lowest BCUT2D eigenvalue weighted by Crippen LogP contribution is -2.21. The summed E-state index contributed by atoms with van der Waals surface area (Å²) in [7, 11) is 0. The maximum atomic E-state index is 11.6. The molecule has 1 saturated carbocycles. The Kier molecular flexibility index (Phi) is 3.09. The van der Waals surface area contributed by atoms with Crippen molar-refractivity contribution in [1.29, 1.82) is 0 Å². The number of nitrogens with two attached hydrogens (primary N) is 1. The Morgan fingerprint density at radius 3 is 2.85 bits per heavy atom. The van der Waals surface area contributed by atoms with Gasteiger partial charge in [0, 0.05) is 6.04 Å². The van der Waals surface area contributed by atoms with Gasteiger partial charge in [0.15, 0.2) is 0 Å². The molecular weight excluding hydrogens is 258 g/mol. The van der Waals surface area contributed by atoms with E-state index < -0.39 is 5.91 Å². The van der Waals surface area contributed by atoms with Gasteiger partial charge in [-0.1, -0.05) is 12.8 Å². The number of hydrogen-bond acceptors (Lipinski definition) is 5. The number of nitrogens with zero attached hydrogens (tertiary/aromatic N) is 3. The van der Waals surface area contributed by atoms with Gasteiger partial charge in [-0.15, -0.1) is 4.91 Å². The zero-order valence-electron chi connectivity index (χ0n) is 10.9. The quantitative estimate of drug-likeness (QED) is 0.833. The molecule has 0 atom stereocenters. The van der Waals surface area contributed by atoms with E-state index in [0.717, 1.165) is 12.8 Å². The highest BCUT2D eigenvalue weighted by Gasteiger charge is 2.20. The van der Waals surface area contributed by atoms with Crippen LogP contribution in [0.1, 0.15) is 36.0 Å². The fourth-order valence-corrected chi connectivity index (χ4v) is 2.71. The summed E-state index contributed by atoms with van der Waals surface area (Å²) >= 11 is 0. The number of nitroso groups, excluding NO2 is 1. The van der Waals surface area contributed by atoms with Crippen LogP contribution in [0.25, 0.3) is 5.52 Å². The smallest absolute Gasteiger partial charge is 0.252 e. The molecule has 1 fully saturated rings. The van der Waals surface area contributed by atoms with Crippen LogP contribution in [0, 0.1) is 4.91 Å². The van der Waals surface area contributed by atoms with Crippen LogP contribution in [0.2, 0.25) is 0 Å². The van der Waals surface area contributed by atoms with E-state index in [4.69, 9.17) is 5.73 Å². The Morgan fingerprint density at radius 1 is 1.45 bits per heavy atom. The average molecular weight is 273 g/mol. The molecule has 0 bridgehead atoms. The van der Waals surface area contributed by atoms with E-state index in [0.29, 0.717) is 22.8 Å². The molecular formula is C13H15N5O2. The van der Waals surface area contributed by atoms with Gasteiger partial charge in [-0.2, -0.15) is 5.10 Å². The first-order valence-corrected chi connectivity index (χ1v) is 6.60. The molecule has 3 N–H and O–H groups in total. The lowest BCUT2D eigenvalue weighted by molar-refractivity contribution is 0.100. The first-order chi connectivity index (χ1) is 9.69. The predicted molar refractivity (Wildman–Crippen MR) is 75.0 cm³/mol. The van der Waals surface area contributed by atoms with Crippen LogP contribution in [0.15, 0.2) is 23.6 Å². The Balaban J connectivity index is 2.11. The summed E-state index contributed by atoms with van der Waals surface area (Å²) in [5.41, 5.74) is 7.29. The van der Waals surface area contributed by atoms with Crippen LogP contribution in [0.5, 0.6) is 0 Å². The molecule has 0 aliphatic heterocycles. The van der Waals surface area contributed by atoms with Crippen LogP contribution >= 0.6 is 0 Å². The minimum absolute atomic E-state index is 0.272. The third-order valence-corrected chi connectivity index (χ3v) is 3.70. The molecule has 0 aromatic carbocycles. The Labute approximate surface area is 115 Å². The second-order valence-electron chi connectivity index (χ2n) is 5.04. The first kappa shape index (κ1) is 12.6. The predicted octanol–water partition coefficient (Wildman–Crippen LogP) is 2.19. The summed E-state index contributed by atoms with van der Waals surface area (Å²) in [6.07, 6.45) is 7.41. The summed E-state index contributed by atoms with van der Waals surface area (Å²) in [5.74, 6) is -0.540. The normalized spacial score (nSPS) is 15.6. The minimum atomic E-state index is -0.540. The zero-order valence-corrected chi connectivity index (χ0v) is 10.9. The van der Waals surface area contributed by atoms with Crippen LogP contribution in [-0.4, -0.2) is 21.6 Å². The number of anilines is 1. The highest BCUT2D eigenvalue weighted by atomic mass is 16.3. The molecule has 1 aliphatic carbocycles. The number of nitrogens with one attached hydrogen (secondary N) is 1. The molecule has 1 aliphatic rings. The molecule has 3 rings (SSSR count). The van der Waals surface area contributed by atoms with Gasteiger partial charge in [-0.3, -0.25) is 4.79 Å². The van der Waals surface area contributed by atoms with E-state index in [1.54, 1.807) is 6.07 Å². The van der Waals surface area contributed by atoms with Crippen molar-refractivity contribution in [1.82, 2.24) is 9.61 Å². The Hall–Kier alpha value is -2.44. The second kappa shape index (κ2) is 4.92. The molecule has 7 nitrogen and oxygen atoms in total. The molecule has 2 aromatic rings. The number of rotatable bonds is 4. The van der Waals surface area contributed by atoms with Crippen LogP contribution in [0.3, 0.4) is 0 Å². The third-order valence-electron chi connectivity index (χ3n) is 3.70. The average Bonchev–Trinajstić information content (AvgIpc) is 3.06. The van der Waals surface area contributed by atoms with Crippen molar-refractivity contribution in [2.75, 3.05) is 5.32 Å². The zero-order chi connectivity index (χ0) is 14.1. The molecule has 0 spiro atoms. The molecule has 1 amide bonds. The first-order valence-electron chi connectivity index (χ1n) is 6.60. The van der Waals surface area contributed by atoms with Crippen molar-refractivity contribution in [3.05, 3.63) is 28.9 Å². The molecule has 104 valence electrons. The van der Waals surface area contributed by atoms with Gasteiger partial charge >= 0.3 is 0 Å². The van der Waals surface area contributed by atoms with Gasteiger partial charge in [-0.05, 0) is 24.1 Å². The summed E-state index contributed by atoms with van der Waals surface area (Å²) in [6, 6.07) is 1.92. The fraction of sp³-hybridized carbons (Fsp3) is 0.385. The largest absolute Gasteiger partial charge is 0.380 e. The fourth-order valence-electron chi connectivity index (χ4n) is 2.71. The second-order valence-corrected chi connectivity index (χ2v) is 5.04. The number of hydrogen-bond donors (Lipinski definition) is 2. The van der Waals surface area contributed by atoms with Crippen molar-refractivity contribution in [2.45, 2.75) is 31.7 Å². The highest BCUT2D eigenvalue weighted by molar-refractivity contribution is 6.02. The van der Waals surface area contributed by atoms with Gasteiger partial charge in [0.2, 0.25) is 0 Å². The maximum Gasteiger partial charge on any atom is 0.252 e. The molecule has 0 unspecified atom stereocenters. The molecule has 2 aromatic heterocycles. The van der Waals surface area contributed by atoms with Crippen molar-refractivity contribution in [2.24, 2.45) is 10.9 Å². The van der Waals surface area contributed by atoms with E-state index in [2.05, 4.69) is 15.6 Å². The Bertz CT molecular complexity index is 673. The van der Waals surface area contributed by atoms with Crippen molar-refractivity contribution < 1.29 is 4.79 Å². The van der Waals surface area contributed by atoms with Gasteiger partial charge < -0.3 is 11.1 Å². The molecule has 0 radical (unpaired) electrons. The number of carbonyl (C=O) groups is 1. The third kappa shape index (κ3) is 2.11. The van der Waals surface area contributed by atoms with E-state index >= 15 is 0 Å². The van der Waals surface area contributed by atoms with Crippen LogP contribution in [0.4, 0.5) is 11.4 Å². The number of carbonyl (C=O) groups excluding carboxylic acids is 1. The van der Waals surface area contributed by atoms with Gasteiger partial charge in [0.25, 0.3) is 5.91 Å². The van der Waals surface area contributed by atoms with E-state index in [-0.39, 0.29) is 5.69 Å². The highest BCUT2D eigenvalue weighted by Crippen LogP contribution is 2.30.